The zero-order valence-corrected chi connectivity index (χ0v) is 29.6. The lowest BCUT2D eigenvalue weighted by Crippen LogP contribution is -2.43. The van der Waals surface area contributed by atoms with Gasteiger partial charge in [-0.25, -0.2) is 0 Å². The molecule has 2 fully saturated rings. The van der Waals surface area contributed by atoms with Gasteiger partial charge in [0.1, 0.15) is 35.1 Å². The minimum atomic E-state index is -0.865. The van der Waals surface area contributed by atoms with Crippen molar-refractivity contribution in [2.45, 2.75) is 48.6 Å². The largest absolute Gasteiger partial charge is 0.508 e. The summed E-state index contributed by atoms with van der Waals surface area (Å²) in [5, 5.41) is 30.0. The van der Waals surface area contributed by atoms with Crippen molar-refractivity contribution in [2.24, 2.45) is 0 Å². The highest BCUT2D eigenvalue weighted by molar-refractivity contribution is 5.96. The normalized spacial score (nSPS) is 15.6. The monoisotopic (exact) mass is 708 g/mol. The van der Waals surface area contributed by atoms with Gasteiger partial charge in [-0.3, -0.25) is 19.2 Å². The van der Waals surface area contributed by atoms with E-state index in [0.29, 0.717) is 11.1 Å². The summed E-state index contributed by atoms with van der Waals surface area (Å²) in [7, 11) is 6.23. The first-order valence-corrected chi connectivity index (χ1v) is 16.9. The number of aromatic hydroxyl groups is 2. The molecule has 0 aromatic heterocycles. The molecule has 2 saturated carbocycles. The first kappa shape index (κ1) is 37.2. The van der Waals surface area contributed by atoms with E-state index in [9.17, 15) is 29.4 Å². The molecule has 6 rings (SSSR count). The van der Waals surface area contributed by atoms with Crippen molar-refractivity contribution in [1.29, 1.82) is 0 Å². The van der Waals surface area contributed by atoms with Crippen molar-refractivity contribution >= 4 is 23.6 Å². The number of hydrogen-bond acceptors (Lipinski definition) is 8. The fourth-order valence-electron chi connectivity index (χ4n) is 6.16. The number of phenols is 2. The van der Waals surface area contributed by atoms with E-state index in [2.05, 4.69) is 21.3 Å². The van der Waals surface area contributed by atoms with Crippen LogP contribution in [-0.2, 0) is 30.0 Å². The fraction of sp³-hybridized carbons (Fsp3) is 0.300. The lowest BCUT2D eigenvalue weighted by molar-refractivity contribution is -0.130. The first-order valence-electron chi connectivity index (χ1n) is 16.9. The van der Waals surface area contributed by atoms with Gasteiger partial charge in [0.15, 0.2) is 0 Å². The van der Waals surface area contributed by atoms with Crippen LogP contribution in [0.3, 0.4) is 0 Å². The van der Waals surface area contributed by atoms with Crippen molar-refractivity contribution < 1.29 is 38.9 Å². The molecule has 0 bridgehead atoms. The van der Waals surface area contributed by atoms with E-state index in [1.54, 1.807) is 38.5 Å². The topological polar surface area (TPSA) is 175 Å². The second kappa shape index (κ2) is 15.9. The van der Waals surface area contributed by atoms with E-state index in [-0.39, 0.29) is 35.1 Å². The van der Waals surface area contributed by atoms with Gasteiger partial charge >= 0.3 is 0 Å². The Kier molecular flexibility index (Phi) is 11.4. The van der Waals surface area contributed by atoms with Crippen molar-refractivity contribution in [3.8, 4) is 23.0 Å². The molecule has 272 valence electrons. The number of rotatable bonds is 12. The molecule has 4 aromatic rings. The zero-order valence-electron chi connectivity index (χ0n) is 29.6. The van der Waals surface area contributed by atoms with Crippen LogP contribution in [0, 0.1) is 0 Å². The highest BCUT2D eigenvalue weighted by atomic mass is 16.5. The van der Waals surface area contributed by atoms with Crippen LogP contribution < -0.4 is 30.7 Å². The predicted octanol–water partition coefficient (Wildman–Crippen LogP) is 4.07. The lowest BCUT2D eigenvalue weighted by atomic mass is 9.94. The molecule has 12 nitrogen and oxygen atoms in total. The number of carbonyl (C=O) groups is 4. The second-order valence-corrected chi connectivity index (χ2v) is 12.8. The molecule has 12 heteroatoms. The number of benzene rings is 4. The molecule has 2 aliphatic rings. The van der Waals surface area contributed by atoms with Gasteiger partial charge in [-0.05, 0) is 96.5 Å². The summed E-state index contributed by atoms with van der Waals surface area (Å²) in [5.74, 6) is 0.591. The Morgan fingerprint density at radius 2 is 1.00 bits per heavy atom. The fourth-order valence-corrected chi connectivity index (χ4v) is 6.16. The molecule has 4 aromatic carbocycles. The smallest absolute Gasteiger partial charge is 0.246 e. The number of phenolic OH excluding ortho intramolecular Hbond substituents is 2. The Hall–Kier alpha value is -6.04. The predicted molar refractivity (Wildman–Crippen MR) is 194 cm³/mol. The Morgan fingerprint density at radius 1 is 0.577 bits per heavy atom. The molecule has 52 heavy (non-hydrogen) atoms. The van der Waals surface area contributed by atoms with Crippen LogP contribution in [0.1, 0.15) is 60.0 Å². The number of methoxy groups -OCH3 is 2. The minimum Gasteiger partial charge on any atom is -0.508 e. The number of nitrogens with one attached hydrogen (secondary N) is 4. The number of carbonyl (C=O) groups excluding carboxylic acids is 4. The van der Waals surface area contributed by atoms with E-state index in [0.717, 1.165) is 48.3 Å². The van der Waals surface area contributed by atoms with Crippen molar-refractivity contribution in [3.63, 3.8) is 0 Å². The summed E-state index contributed by atoms with van der Waals surface area (Å²) >= 11 is 0. The molecule has 6 N–H and O–H groups in total. The number of amides is 4. The van der Waals surface area contributed by atoms with Gasteiger partial charge in [-0.1, -0.05) is 48.5 Å². The van der Waals surface area contributed by atoms with Gasteiger partial charge in [0, 0.05) is 14.1 Å². The van der Waals surface area contributed by atoms with Crippen molar-refractivity contribution in [3.05, 3.63) is 119 Å². The van der Waals surface area contributed by atoms with Gasteiger partial charge < -0.3 is 41.0 Å². The zero-order chi connectivity index (χ0) is 37.5. The van der Waals surface area contributed by atoms with E-state index in [1.807, 2.05) is 48.5 Å². The van der Waals surface area contributed by atoms with Crippen molar-refractivity contribution in [2.75, 3.05) is 28.3 Å². The quantitative estimate of drug-likeness (QED) is 0.128. The Morgan fingerprint density at radius 3 is 1.37 bits per heavy atom. The standard InChI is InChI=1S/2C20H22N2O4/c1-21-18(24)17(13-3-7-15(23)8-4-13)22-19(25)20(11-12-20)14-5-9-16(26-2)10-6-14;1-21-18(24)17(13-4-3-5-15(23)12-13)22-19(25)20(10-11-20)14-6-8-16(26-2)9-7-14/h3-10,17,23H,11-12H2,1-2H3,(H,21,24)(H,22,25);3-9,12,17,23H,10-11H2,1-2H3,(H,21,24)(H,22,25). The first-order chi connectivity index (χ1) is 25.0. The van der Waals surface area contributed by atoms with Crippen LogP contribution in [0.15, 0.2) is 97.1 Å². The summed E-state index contributed by atoms with van der Waals surface area (Å²) < 4.78 is 10.3. The third kappa shape index (κ3) is 8.12. The van der Waals surface area contributed by atoms with Crippen LogP contribution in [-0.4, -0.2) is 62.2 Å². The van der Waals surface area contributed by atoms with E-state index in [1.165, 1.54) is 38.4 Å². The summed E-state index contributed by atoms with van der Waals surface area (Å²) in [5.41, 5.74) is 1.74. The Labute approximate surface area is 302 Å². The number of ether oxygens (including phenoxy) is 2. The molecular weight excluding hydrogens is 664 g/mol. The van der Waals surface area contributed by atoms with Gasteiger partial charge in [0.05, 0.1) is 25.0 Å². The molecule has 0 aliphatic heterocycles. The summed E-state index contributed by atoms with van der Waals surface area (Å²) in [6.45, 7) is 0. The molecule has 0 spiro atoms. The van der Waals surface area contributed by atoms with Gasteiger partial charge in [-0.2, -0.15) is 0 Å². The molecule has 4 amide bonds. The molecule has 2 unspecified atom stereocenters. The maximum Gasteiger partial charge on any atom is 0.246 e. The molecule has 0 saturated heterocycles. The molecule has 0 heterocycles. The average Bonchev–Trinajstić information content (AvgIpc) is 4.12. The van der Waals surface area contributed by atoms with Gasteiger partial charge in [0.25, 0.3) is 0 Å². The Bertz CT molecular complexity index is 1890. The van der Waals surface area contributed by atoms with E-state index >= 15 is 0 Å². The maximum atomic E-state index is 13.0. The molecule has 2 aliphatic carbocycles. The summed E-state index contributed by atoms with van der Waals surface area (Å²) in [6, 6.07) is 25.8. The molecular formula is C40H44N4O8. The van der Waals surface area contributed by atoms with Crippen molar-refractivity contribution in [1.82, 2.24) is 21.3 Å². The summed E-state index contributed by atoms with van der Waals surface area (Å²) in [6.07, 6.45) is 2.93. The SMILES string of the molecule is CNC(=O)C(NC(=O)C1(c2ccc(OC)cc2)CC1)c1ccc(O)cc1.CNC(=O)C(NC(=O)C1(c2ccc(OC)cc2)CC1)c1cccc(O)c1. The second-order valence-electron chi connectivity index (χ2n) is 12.8. The van der Waals surface area contributed by atoms with Crippen LogP contribution in [0.2, 0.25) is 0 Å². The third-order valence-corrected chi connectivity index (χ3v) is 9.65. The third-order valence-electron chi connectivity index (χ3n) is 9.65. The average molecular weight is 709 g/mol. The maximum absolute atomic E-state index is 13.0. The number of hydrogen-bond donors (Lipinski definition) is 6. The van der Waals surface area contributed by atoms with E-state index < -0.39 is 22.9 Å². The highest BCUT2D eigenvalue weighted by Gasteiger charge is 2.53. The summed E-state index contributed by atoms with van der Waals surface area (Å²) in [4.78, 5) is 50.6. The van der Waals surface area contributed by atoms with Crippen LogP contribution >= 0.6 is 0 Å². The van der Waals surface area contributed by atoms with Gasteiger partial charge in [0.2, 0.25) is 23.6 Å². The Balaban J connectivity index is 0.000000201. The molecule has 2 atom stereocenters. The van der Waals surface area contributed by atoms with Crippen LogP contribution in [0.5, 0.6) is 23.0 Å². The van der Waals surface area contributed by atoms with E-state index in [4.69, 9.17) is 9.47 Å². The minimum absolute atomic E-state index is 0.0435. The highest BCUT2D eigenvalue weighted by Crippen LogP contribution is 2.50. The lowest BCUT2D eigenvalue weighted by Gasteiger charge is -2.22. The molecule has 0 radical (unpaired) electrons. The number of likely N-dealkylation sites (N-methyl/N-ethyl adjacent to an activating group) is 2. The van der Waals surface area contributed by atoms with Crippen LogP contribution in [0.25, 0.3) is 0 Å². The van der Waals surface area contributed by atoms with Crippen LogP contribution in [0.4, 0.5) is 0 Å². The van der Waals surface area contributed by atoms with Gasteiger partial charge in [-0.15, -0.1) is 0 Å².